The van der Waals surface area contributed by atoms with E-state index in [1.807, 2.05) is 43.3 Å². The number of nitrogens with zero attached hydrogens (tertiary/aromatic N) is 2. The molecule has 0 fully saturated rings. The van der Waals surface area contributed by atoms with Gasteiger partial charge in [-0.15, -0.1) is 0 Å². The molecule has 4 rings (SSSR count). The van der Waals surface area contributed by atoms with E-state index >= 15 is 0 Å². The zero-order valence-electron chi connectivity index (χ0n) is 16.5. The van der Waals surface area contributed by atoms with Crippen LogP contribution in [0.5, 0.6) is 11.5 Å². The van der Waals surface area contributed by atoms with Gasteiger partial charge >= 0.3 is 0 Å². The number of hydrogen-bond acceptors (Lipinski definition) is 4. The molecule has 0 atom stereocenters. The van der Waals surface area contributed by atoms with Gasteiger partial charge in [-0.05, 0) is 55.5 Å². The largest absolute Gasteiger partial charge is 0.457 e. The van der Waals surface area contributed by atoms with Gasteiger partial charge in [0.05, 0.1) is 17.4 Å². The van der Waals surface area contributed by atoms with Gasteiger partial charge in [-0.3, -0.25) is 9.59 Å². The smallest absolute Gasteiger partial charge is 0.258 e. The number of para-hydroxylation sites is 2. The van der Waals surface area contributed by atoms with Crippen molar-refractivity contribution in [3.8, 4) is 11.5 Å². The molecular weight excluding hydrogens is 378 g/mol. The van der Waals surface area contributed by atoms with Gasteiger partial charge < -0.3 is 14.6 Å². The second-order valence-electron chi connectivity index (χ2n) is 6.79. The first-order chi connectivity index (χ1) is 14.6. The van der Waals surface area contributed by atoms with Gasteiger partial charge in [-0.1, -0.05) is 30.3 Å². The van der Waals surface area contributed by atoms with E-state index in [-0.39, 0.29) is 18.0 Å². The number of rotatable bonds is 6. The summed E-state index contributed by atoms with van der Waals surface area (Å²) >= 11 is 0. The van der Waals surface area contributed by atoms with Crippen molar-refractivity contribution in [3.05, 3.63) is 101 Å². The number of nitrogens with one attached hydrogen (secondary N) is 1. The fourth-order valence-electron chi connectivity index (χ4n) is 3.19. The lowest BCUT2D eigenvalue weighted by atomic mass is 10.2. The molecule has 0 aliphatic carbocycles. The molecule has 0 spiro atoms. The molecule has 1 amide bonds. The third kappa shape index (κ3) is 4.22. The van der Waals surface area contributed by atoms with Crippen molar-refractivity contribution in [2.45, 2.75) is 13.5 Å². The number of benzene rings is 3. The van der Waals surface area contributed by atoms with Crippen molar-refractivity contribution < 1.29 is 9.53 Å². The predicted molar refractivity (Wildman–Crippen MR) is 116 cm³/mol. The summed E-state index contributed by atoms with van der Waals surface area (Å²) in [4.78, 5) is 34.2. The fraction of sp³-hybridized carbons (Fsp3) is 0.125. The number of carbonyl (C=O) groups is 1. The maximum atomic E-state index is 13.0. The number of carbonyl (C=O) groups excluding carboxylic acids is 1. The van der Waals surface area contributed by atoms with Gasteiger partial charge in [-0.2, -0.15) is 0 Å². The second kappa shape index (κ2) is 8.61. The molecule has 0 radical (unpaired) electrons. The molecule has 6 heteroatoms. The molecule has 0 aliphatic heterocycles. The van der Waals surface area contributed by atoms with Crippen molar-refractivity contribution in [2.24, 2.45) is 0 Å². The minimum atomic E-state index is -0.207. The first-order valence-electron chi connectivity index (χ1n) is 9.74. The molecule has 0 unspecified atom stereocenters. The van der Waals surface area contributed by atoms with Crippen LogP contribution in [0.4, 0.5) is 0 Å². The van der Waals surface area contributed by atoms with E-state index in [4.69, 9.17) is 4.74 Å². The lowest BCUT2D eigenvalue weighted by Crippen LogP contribution is -2.31. The van der Waals surface area contributed by atoms with Crippen molar-refractivity contribution in [3.63, 3.8) is 0 Å². The fourth-order valence-corrected chi connectivity index (χ4v) is 3.19. The summed E-state index contributed by atoms with van der Waals surface area (Å²) in [5, 5.41) is 0.532. The Labute approximate surface area is 173 Å². The van der Waals surface area contributed by atoms with Crippen molar-refractivity contribution in [1.82, 2.24) is 14.9 Å². The quantitative estimate of drug-likeness (QED) is 0.522. The maximum Gasteiger partial charge on any atom is 0.258 e. The summed E-state index contributed by atoms with van der Waals surface area (Å²) in [6, 6.07) is 23.6. The Morgan fingerprint density at radius 1 is 0.933 bits per heavy atom. The number of hydrogen-bond donors (Lipinski definition) is 1. The van der Waals surface area contributed by atoms with Crippen molar-refractivity contribution in [2.75, 3.05) is 6.54 Å². The zero-order valence-corrected chi connectivity index (χ0v) is 16.5. The van der Waals surface area contributed by atoms with Crippen LogP contribution in [0.3, 0.4) is 0 Å². The number of amides is 1. The summed E-state index contributed by atoms with van der Waals surface area (Å²) in [6.45, 7) is 2.60. The summed E-state index contributed by atoms with van der Waals surface area (Å²) in [5.41, 5.74) is 0.948. The molecule has 0 aliphatic rings. The van der Waals surface area contributed by atoms with Gasteiger partial charge in [0.2, 0.25) is 0 Å². The molecule has 4 aromatic rings. The molecule has 1 heterocycles. The van der Waals surface area contributed by atoms with Gasteiger partial charge in [-0.25, -0.2) is 4.98 Å². The van der Waals surface area contributed by atoms with Crippen molar-refractivity contribution >= 4 is 16.8 Å². The zero-order chi connectivity index (χ0) is 20.9. The number of aromatic amines is 1. The average Bonchev–Trinajstić information content (AvgIpc) is 2.78. The number of ether oxygens (including phenoxy) is 1. The molecule has 0 bridgehead atoms. The summed E-state index contributed by atoms with van der Waals surface area (Å²) in [5.74, 6) is 1.71. The Hall–Kier alpha value is -3.93. The highest BCUT2D eigenvalue weighted by molar-refractivity contribution is 5.94. The van der Waals surface area contributed by atoms with E-state index in [0.29, 0.717) is 34.6 Å². The monoisotopic (exact) mass is 399 g/mol. The van der Waals surface area contributed by atoms with Gasteiger partial charge in [0, 0.05) is 12.1 Å². The molecule has 30 heavy (non-hydrogen) atoms. The van der Waals surface area contributed by atoms with Crippen LogP contribution in [0.15, 0.2) is 83.7 Å². The van der Waals surface area contributed by atoms with Crippen LogP contribution < -0.4 is 10.3 Å². The van der Waals surface area contributed by atoms with Gasteiger partial charge in [0.1, 0.15) is 17.3 Å². The third-order valence-electron chi connectivity index (χ3n) is 4.75. The Balaban J connectivity index is 1.50. The minimum absolute atomic E-state index is 0.139. The van der Waals surface area contributed by atoms with E-state index in [1.165, 1.54) is 0 Å². The Morgan fingerprint density at radius 3 is 2.33 bits per heavy atom. The Bertz CT molecular complexity index is 1220. The van der Waals surface area contributed by atoms with Crippen molar-refractivity contribution in [1.29, 1.82) is 0 Å². The highest BCUT2D eigenvalue weighted by Gasteiger charge is 2.16. The van der Waals surface area contributed by atoms with Crippen LogP contribution in [-0.4, -0.2) is 27.3 Å². The highest BCUT2D eigenvalue weighted by atomic mass is 16.5. The van der Waals surface area contributed by atoms with E-state index in [1.54, 1.807) is 47.4 Å². The second-order valence-corrected chi connectivity index (χ2v) is 6.79. The molecule has 6 nitrogen and oxygen atoms in total. The van der Waals surface area contributed by atoms with Crippen LogP contribution in [0.25, 0.3) is 10.9 Å². The Morgan fingerprint density at radius 2 is 1.60 bits per heavy atom. The number of fused-ring (bicyclic) bond motifs is 1. The molecule has 3 aromatic carbocycles. The summed E-state index contributed by atoms with van der Waals surface area (Å²) < 4.78 is 5.77. The lowest BCUT2D eigenvalue weighted by molar-refractivity contribution is 0.0748. The molecule has 150 valence electrons. The standard InChI is InChI=1S/C24H21N3O3/c1-2-27(16-22-25-21-11-7-6-10-20(21)23(28)26-22)24(29)17-12-14-19(15-13-17)30-18-8-4-3-5-9-18/h3-15H,2,16H2,1H3,(H,25,26,28). The first kappa shape index (κ1) is 19.4. The minimum Gasteiger partial charge on any atom is -0.457 e. The van der Waals surface area contributed by atoms with Crippen LogP contribution in [0.2, 0.25) is 0 Å². The van der Waals surface area contributed by atoms with Gasteiger partial charge in [0.15, 0.2) is 0 Å². The molecule has 1 N–H and O–H groups in total. The molecule has 1 aromatic heterocycles. The lowest BCUT2D eigenvalue weighted by Gasteiger charge is -2.20. The van der Waals surface area contributed by atoms with E-state index in [0.717, 1.165) is 5.75 Å². The van der Waals surface area contributed by atoms with E-state index in [2.05, 4.69) is 9.97 Å². The number of aromatic nitrogens is 2. The maximum absolute atomic E-state index is 13.0. The molecule has 0 saturated carbocycles. The summed E-state index contributed by atoms with van der Waals surface area (Å²) in [6.07, 6.45) is 0. The van der Waals surface area contributed by atoms with Crippen LogP contribution in [-0.2, 0) is 6.54 Å². The average molecular weight is 399 g/mol. The molecule has 0 saturated heterocycles. The van der Waals surface area contributed by atoms with E-state index < -0.39 is 0 Å². The van der Waals surface area contributed by atoms with Crippen LogP contribution >= 0.6 is 0 Å². The normalized spacial score (nSPS) is 10.7. The first-order valence-corrected chi connectivity index (χ1v) is 9.74. The SMILES string of the molecule is CCN(Cc1nc2ccccc2c(=O)[nH]1)C(=O)c1ccc(Oc2ccccc2)cc1. The van der Waals surface area contributed by atoms with E-state index in [9.17, 15) is 9.59 Å². The molecular formula is C24H21N3O3. The Kier molecular flexibility index (Phi) is 5.57. The van der Waals surface area contributed by atoms with Crippen LogP contribution in [0, 0.1) is 0 Å². The summed E-state index contributed by atoms with van der Waals surface area (Å²) in [7, 11) is 0. The highest BCUT2D eigenvalue weighted by Crippen LogP contribution is 2.21. The third-order valence-corrected chi connectivity index (χ3v) is 4.75. The van der Waals surface area contributed by atoms with Gasteiger partial charge in [0.25, 0.3) is 11.5 Å². The predicted octanol–water partition coefficient (Wildman–Crippen LogP) is 4.38. The van der Waals surface area contributed by atoms with Crippen LogP contribution in [0.1, 0.15) is 23.1 Å². The topological polar surface area (TPSA) is 75.3 Å². The number of H-pyrrole nitrogens is 1.